The lowest BCUT2D eigenvalue weighted by Gasteiger charge is -2.02. The third-order valence-corrected chi connectivity index (χ3v) is 1.89. The van der Waals surface area contributed by atoms with Crippen LogP contribution in [0.25, 0.3) is 0 Å². The largest absolute Gasteiger partial charge is 0.505 e. The molecule has 70 valence electrons. The number of carbonyl (C=O) groups is 1. The number of pyridine rings is 1. The first-order valence-electron chi connectivity index (χ1n) is 3.66. The Kier molecular flexibility index (Phi) is 3.47. The van der Waals surface area contributed by atoms with Gasteiger partial charge in [-0.25, -0.2) is 9.78 Å². The first kappa shape index (κ1) is 10.2. The van der Waals surface area contributed by atoms with Crippen LogP contribution < -0.4 is 0 Å². The number of carbonyl (C=O) groups excluding carboxylic acids is 1. The normalized spacial score (nSPS) is 9.69. The summed E-state index contributed by atoms with van der Waals surface area (Å²) in [4.78, 5) is 14.9. The number of rotatable bonds is 2. The Hall–Kier alpha value is -0.850. The molecule has 0 aliphatic carbocycles. The Labute approximate surface area is 89.1 Å². The van der Waals surface area contributed by atoms with Crippen molar-refractivity contribution in [3.8, 4) is 5.75 Å². The monoisotopic (exact) mass is 293 g/mol. The predicted octanol–water partition coefficient (Wildman–Crippen LogP) is 1.57. The number of aromatic nitrogens is 1. The highest BCUT2D eigenvalue weighted by molar-refractivity contribution is 14.1. The summed E-state index contributed by atoms with van der Waals surface area (Å²) in [6.07, 6.45) is 1.49. The molecule has 13 heavy (non-hydrogen) atoms. The van der Waals surface area contributed by atoms with Gasteiger partial charge in [-0.05, 0) is 35.6 Å². The fraction of sp³-hybridized carbons (Fsp3) is 0.250. The van der Waals surface area contributed by atoms with Gasteiger partial charge in [0.1, 0.15) is 5.75 Å². The van der Waals surface area contributed by atoms with E-state index in [1.807, 2.05) is 22.6 Å². The van der Waals surface area contributed by atoms with Crippen LogP contribution in [0.2, 0.25) is 0 Å². The van der Waals surface area contributed by atoms with Crippen LogP contribution in [0.3, 0.4) is 0 Å². The third-order valence-electron chi connectivity index (χ3n) is 1.30. The molecule has 0 saturated carbocycles. The summed E-state index contributed by atoms with van der Waals surface area (Å²) in [6, 6.07) is 1.46. The molecule has 0 saturated heterocycles. The quantitative estimate of drug-likeness (QED) is 0.664. The SMILES string of the molecule is CCOC(=O)c1ncc(I)cc1O. The Morgan fingerprint density at radius 3 is 3.00 bits per heavy atom. The summed E-state index contributed by atoms with van der Waals surface area (Å²) in [5, 5.41) is 9.32. The maximum atomic E-state index is 11.1. The first-order valence-corrected chi connectivity index (χ1v) is 4.74. The van der Waals surface area contributed by atoms with E-state index < -0.39 is 5.97 Å². The molecule has 1 rings (SSSR count). The number of ether oxygens (including phenoxy) is 1. The molecule has 0 radical (unpaired) electrons. The molecule has 0 aliphatic rings. The van der Waals surface area contributed by atoms with E-state index in [2.05, 4.69) is 9.72 Å². The van der Waals surface area contributed by atoms with Crippen molar-refractivity contribution in [2.75, 3.05) is 6.61 Å². The van der Waals surface area contributed by atoms with Crippen LogP contribution in [-0.2, 0) is 4.74 Å². The molecule has 1 aromatic heterocycles. The Balaban J connectivity index is 2.95. The van der Waals surface area contributed by atoms with E-state index in [9.17, 15) is 9.90 Å². The molecule has 0 bridgehead atoms. The minimum Gasteiger partial charge on any atom is -0.505 e. The van der Waals surface area contributed by atoms with Crippen LogP contribution in [0.1, 0.15) is 17.4 Å². The lowest BCUT2D eigenvalue weighted by molar-refractivity contribution is 0.0516. The Morgan fingerprint density at radius 1 is 1.77 bits per heavy atom. The standard InChI is InChI=1S/C8H8INO3/c1-2-13-8(12)7-6(11)3-5(9)4-10-7/h3-4,11H,2H2,1H3. The fourth-order valence-corrected chi connectivity index (χ4v) is 1.22. The van der Waals surface area contributed by atoms with Crippen LogP contribution in [0.15, 0.2) is 12.3 Å². The predicted molar refractivity (Wildman–Crippen MR) is 54.6 cm³/mol. The molecule has 0 fully saturated rings. The smallest absolute Gasteiger partial charge is 0.360 e. The van der Waals surface area contributed by atoms with Crippen molar-refractivity contribution in [3.63, 3.8) is 0 Å². The van der Waals surface area contributed by atoms with E-state index in [4.69, 9.17) is 0 Å². The van der Waals surface area contributed by atoms with Crippen molar-refractivity contribution in [2.24, 2.45) is 0 Å². The van der Waals surface area contributed by atoms with Gasteiger partial charge in [-0.1, -0.05) is 0 Å². The molecule has 0 amide bonds. The summed E-state index contributed by atoms with van der Waals surface area (Å²) in [6.45, 7) is 1.97. The van der Waals surface area contributed by atoms with Crippen LogP contribution in [-0.4, -0.2) is 22.7 Å². The molecule has 5 heteroatoms. The van der Waals surface area contributed by atoms with E-state index >= 15 is 0 Å². The highest BCUT2D eigenvalue weighted by Gasteiger charge is 2.13. The maximum Gasteiger partial charge on any atom is 0.360 e. The van der Waals surface area contributed by atoms with Crippen LogP contribution in [0, 0.1) is 3.57 Å². The van der Waals surface area contributed by atoms with Gasteiger partial charge in [-0.15, -0.1) is 0 Å². The van der Waals surface area contributed by atoms with Gasteiger partial charge in [0, 0.05) is 9.77 Å². The van der Waals surface area contributed by atoms with Crippen LogP contribution in [0.4, 0.5) is 0 Å². The summed E-state index contributed by atoms with van der Waals surface area (Å²) >= 11 is 1.99. The minimum atomic E-state index is -0.601. The Morgan fingerprint density at radius 2 is 2.46 bits per heavy atom. The van der Waals surface area contributed by atoms with Gasteiger partial charge >= 0.3 is 5.97 Å². The fourth-order valence-electron chi connectivity index (χ4n) is 0.785. The average Bonchev–Trinajstić information content (AvgIpc) is 2.04. The summed E-state index contributed by atoms with van der Waals surface area (Å²) in [5.41, 5.74) is -0.0396. The zero-order valence-corrected chi connectivity index (χ0v) is 9.11. The van der Waals surface area contributed by atoms with Crippen molar-refractivity contribution in [1.29, 1.82) is 0 Å². The second-order valence-corrected chi connectivity index (χ2v) is 3.49. The van der Waals surface area contributed by atoms with Gasteiger partial charge in [0.15, 0.2) is 5.69 Å². The zero-order chi connectivity index (χ0) is 9.84. The number of hydrogen-bond acceptors (Lipinski definition) is 4. The van der Waals surface area contributed by atoms with E-state index in [-0.39, 0.29) is 18.1 Å². The van der Waals surface area contributed by atoms with Gasteiger partial charge in [0.2, 0.25) is 0 Å². The van der Waals surface area contributed by atoms with E-state index in [0.29, 0.717) is 0 Å². The molecule has 0 aliphatic heterocycles. The average molecular weight is 293 g/mol. The summed E-state index contributed by atoms with van der Waals surface area (Å²) in [7, 11) is 0. The molecule has 0 atom stereocenters. The van der Waals surface area contributed by atoms with Gasteiger partial charge in [-0.3, -0.25) is 0 Å². The van der Waals surface area contributed by atoms with E-state index in [1.54, 1.807) is 6.92 Å². The summed E-state index contributed by atoms with van der Waals surface area (Å²) < 4.78 is 5.45. The van der Waals surface area contributed by atoms with Gasteiger partial charge in [0.05, 0.1) is 6.61 Å². The van der Waals surface area contributed by atoms with Gasteiger partial charge in [-0.2, -0.15) is 0 Å². The molecule has 1 heterocycles. The molecular formula is C8H8INO3. The molecule has 1 aromatic rings. The number of halogens is 1. The minimum absolute atomic E-state index is 0.0396. The third kappa shape index (κ3) is 2.55. The molecule has 4 nitrogen and oxygen atoms in total. The van der Waals surface area contributed by atoms with E-state index in [1.165, 1.54) is 12.3 Å². The highest BCUT2D eigenvalue weighted by Crippen LogP contribution is 2.17. The highest BCUT2D eigenvalue weighted by atomic mass is 127. The van der Waals surface area contributed by atoms with Gasteiger partial charge < -0.3 is 9.84 Å². The van der Waals surface area contributed by atoms with E-state index in [0.717, 1.165) is 3.57 Å². The van der Waals surface area contributed by atoms with Crippen LogP contribution in [0.5, 0.6) is 5.75 Å². The number of aromatic hydroxyl groups is 1. The summed E-state index contributed by atoms with van der Waals surface area (Å²) in [5.74, 6) is -0.748. The molecular weight excluding hydrogens is 285 g/mol. The van der Waals surface area contributed by atoms with Crippen molar-refractivity contribution in [2.45, 2.75) is 6.92 Å². The topological polar surface area (TPSA) is 59.4 Å². The first-order chi connectivity index (χ1) is 6.15. The van der Waals surface area contributed by atoms with Crippen LogP contribution >= 0.6 is 22.6 Å². The molecule has 0 unspecified atom stereocenters. The van der Waals surface area contributed by atoms with Gasteiger partial charge in [0.25, 0.3) is 0 Å². The Bertz CT molecular complexity index is 327. The van der Waals surface area contributed by atoms with Crippen molar-refractivity contribution < 1.29 is 14.6 Å². The molecule has 1 N–H and O–H groups in total. The molecule has 0 spiro atoms. The number of nitrogens with zero attached hydrogens (tertiary/aromatic N) is 1. The van der Waals surface area contributed by atoms with Crippen molar-refractivity contribution in [1.82, 2.24) is 4.98 Å². The zero-order valence-electron chi connectivity index (χ0n) is 6.95. The van der Waals surface area contributed by atoms with Crippen molar-refractivity contribution in [3.05, 3.63) is 21.5 Å². The number of hydrogen-bond donors (Lipinski definition) is 1. The van der Waals surface area contributed by atoms with Crippen molar-refractivity contribution >= 4 is 28.6 Å². The lowest BCUT2D eigenvalue weighted by atomic mass is 10.3. The second-order valence-electron chi connectivity index (χ2n) is 2.24. The lowest BCUT2D eigenvalue weighted by Crippen LogP contribution is -2.07. The molecule has 0 aromatic carbocycles. The maximum absolute atomic E-state index is 11.1. The second kappa shape index (κ2) is 4.40. The number of esters is 1.